The number of aromatic nitrogens is 1. The van der Waals surface area contributed by atoms with Crippen LogP contribution in [0.2, 0.25) is 0 Å². The van der Waals surface area contributed by atoms with Gasteiger partial charge >= 0.3 is 0 Å². The van der Waals surface area contributed by atoms with Crippen molar-refractivity contribution >= 4 is 35.6 Å². The van der Waals surface area contributed by atoms with E-state index in [0.29, 0.717) is 6.54 Å². The Morgan fingerprint density at radius 2 is 1.79 bits per heavy atom. The van der Waals surface area contributed by atoms with Crippen molar-refractivity contribution in [2.24, 2.45) is 0 Å². The van der Waals surface area contributed by atoms with E-state index in [4.69, 9.17) is 5.73 Å². The molecule has 0 aliphatic carbocycles. The van der Waals surface area contributed by atoms with Crippen LogP contribution < -0.4 is 5.73 Å². The first-order valence-corrected chi connectivity index (χ1v) is 11.9. The number of carbonyl (C=O) groups is 1. The second-order valence-corrected chi connectivity index (χ2v) is 9.47. The number of thiophene rings is 1. The molecule has 0 radical (unpaired) electrons. The average molecular weight is 496 g/mol. The van der Waals surface area contributed by atoms with E-state index in [1.807, 2.05) is 31.4 Å². The number of amides is 1. The van der Waals surface area contributed by atoms with Crippen molar-refractivity contribution in [2.45, 2.75) is 24.8 Å². The number of halogens is 2. The molecule has 0 atom stereocenters. The maximum Gasteiger partial charge on any atom is 0.254 e. The molecule has 0 saturated carbocycles. The Morgan fingerprint density at radius 1 is 1.06 bits per heavy atom. The smallest absolute Gasteiger partial charge is 0.254 e. The first-order chi connectivity index (χ1) is 16.3. The van der Waals surface area contributed by atoms with Crippen molar-refractivity contribution < 1.29 is 13.6 Å². The van der Waals surface area contributed by atoms with Gasteiger partial charge in [-0.3, -0.25) is 9.78 Å². The summed E-state index contributed by atoms with van der Waals surface area (Å²) in [6.45, 7) is 2.73. The highest BCUT2D eigenvalue weighted by Crippen LogP contribution is 2.36. The van der Waals surface area contributed by atoms with Gasteiger partial charge in [0.1, 0.15) is 11.6 Å². The number of anilines is 1. The SMILES string of the molecule is CCc1ncc(-c2ccc(-c3ccc4c(c3)CN(C)C4=O)s2)cc1N.Fc1ccc(S)c(F)c1. The van der Waals surface area contributed by atoms with E-state index in [-0.39, 0.29) is 10.8 Å². The molecule has 174 valence electrons. The van der Waals surface area contributed by atoms with E-state index in [0.717, 1.165) is 57.1 Å². The Hall–Kier alpha value is -3.23. The number of nitrogens with two attached hydrogens (primary N) is 1. The second kappa shape index (κ2) is 9.95. The number of nitrogens with zero attached hydrogens (tertiary/aromatic N) is 2. The second-order valence-electron chi connectivity index (χ2n) is 7.91. The first kappa shape index (κ1) is 23.9. The van der Waals surface area contributed by atoms with Crippen LogP contribution in [-0.4, -0.2) is 22.8 Å². The van der Waals surface area contributed by atoms with Gasteiger partial charge in [-0.15, -0.1) is 24.0 Å². The largest absolute Gasteiger partial charge is 0.397 e. The Morgan fingerprint density at radius 3 is 2.44 bits per heavy atom. The predicted octanol–water partition coefficient (Wildman–Crippen LogP) is 6.46. The van der Waals surface area contributed by atoms with Crippen molar-refractivity contribution in [3.05, 3.63) is 89.2 Å². The molecule has 2 N–H and O–H groups in total. The molecule has 1 aliphatic rings. The Labute approximate surface area is 206 Å². The summed E-state index contributed by atoms with van der Waals surface area (Å²) in [5, 5.41) is 0. The topological polar surface area (TPSA) is 59.2 Å². The number of hydrogen-bond donors (Lipinski definition) is 2. The highest BCUT2D eigenvalue weighted by Gasteiger charge is 2.24. The zero-order valence-corrected chi connectivity index (χ0v) is 20.4. The Bertz CT molecular complexity index is 1370. The lowest BCUT2D eigenvalue weighted by molar-refractivity contribution is 0.0816. The monoisotopic (exact) mass is 495 g/mol. The Balaban J connectivity index is 0.000000257. The molecule has 0 fully saturated rings. The molecule has 0 bridgehead atoms. The zero-order chi connectivity index (χ0) is 24.4. The molecule has 5 rings (SSSR count). The molecular weight excluding hydrogens is 472 g/mol. The van der Waals surface area contributed by atoms with Gasteiger partial charge in [0.2, 0.25) is 0 Å². The number of rotatable bonds is 3. The van der Waals surface area contributed by atoms with Crippen LogP contribution in [-0.2, 0) is 13.0 Å². The summed E-state index contributed by atoms with van der Waals surface area (Å²) in [6, 6.07) is 15.5. The van der Waals surface area contributed by atoms with Gasteiger partial charge in [-0.2, -0.15) is 0 Å². The molecule has 2 aromatic carbocycles. The molecule has 0 unspecified atom stereocenters. The minimum Gasteiger partial charge on any atom is -0.397 e. The lowest BCUT2D eigenvalue weighted by atomic mass is 10.1. The fraction of sp³-hybridized carbons (Fsp3) is 0.154. The molecule has 8 heteroatoms. The van der Waals surface area contributed by atoms with Crippen molar-refractivity contribution in [1.29, 1.82) is 0 Å². The highest BCUT2D eigenvalue weighted by atomic mass is 32.1. The number of pyridine rings is 1. The maximum absolute atomic E-state index is 12.3. The fourth-order valence-corrected chi connectivity index (χ4v) is 4.81. The van der Waals surface area contributed by atoms with Gasteiger partial charge in [-0.1, -0.05) is 13.0 Å². The minimum atomic E-state index is -0.627. The van der Waals surface area contributed by atoms with Crippen LogP contribution in [0, 0.1) is 11.6 Å². The van der Waals surface area contributed by atoms with Crippen LogP contribution >= 0.6 is 24.0 Å². The standard InChI is InChI=1S/C20H19N3OS.C6H4F2S/c1-3-17-16(21)9-13(10-22-17)19-7-6-18(25-19)12-4-5-15-14(8-12)11-23(2)20(15)24;7-4-1-2-6(9)5(8)3-4/h4-10H,3,11,21H2,1-2H3;1-3,9H. The quantitative estimate of drug-likeness (QED) is 0.321. The summed E-state index contributed by atoms with van der Waals surface area (Å²) in [4.78, 5) is 20.7. The van der Waals surface area contributed by atoms with Crippen LogP contribution in [0.1, 0.15) is 28.5 Å². The molecule has 4 nitrogen and oxygen atoms in total. The average Bonchev–Trinajstić information content (AvgIpc) is 3.42. The molecule has 1 amide bonds. The third-order valence-electron chi connectivity index (χ3n) is 5.51. The summed E-state index contributed by atoms with van der Waals surface area (Å²) in [5.41, 5.74) is 11.9. The number of aryl methyl sites for hydroxylation is 1. The molecule has 0 spiro atoms. The van der Waals surface area contributed by atoms with Crippen LogP contribution in [0.25, 0.3) is 20.9 Å². The van der Waals surface area contributed by atoms with Gasteiger partial charge in [0.05, 0.1) is 11.4 Å². The summed E-state index contributed by atoms with van der Waals surface area (Å²) >= 11 is 5.42. The van der Waals surface area contributed by atoms with Crippen LogP contribution in [0.15, 0.2) is 65.7 Å². The van der Waals surface area contributed by atoms with E-state index in [1.54, 1.807) is 16.2 Å². The maximum atomic E-state index is 12.3. The van der Waals surface area contributed by atoms with E-state index >= 15 is 0 Å². The van der Waals surface area contributed by atoms with Crippen molar-refractivity contribution in [3.63, 3.8) is 0 Å². The summed E-state index contributed by atoms with van der Waals surface area (Å²) in [6.07, 6.45) is 2.73. The normalized spacial score (nSPS) is 12.4. The predicted molar refractivity (Wildman–Crippen MR) is 136 cm³/mol. The summed E-state index contributed by atoms with van der Waals surface area (Å²) in [5.74, 6) is -1.10. The van der Waals surface area contributed by atoms with Crippen LogP contribution in [0.4, 0.5) is 14.5 Å². The third-order valence-corrected chi connectivity index (χ3v) is 7.06. The number of hydrogen-bond acceptors (Lipinski definition) is 5. The molecule has 4 aromatic rings. The molecule has 34 heavy (non-hydrogen) atoms. The lowest BCUT2D eigenvalue weighted by Gasteiger charge is -2.04. The van der Waals surface area contributed by atoms with E-state index in [9.17, 15) is 13.6 Å². The third kappa shape index (κ3) is 4.98. The van der Waals surface area contributed by atoms with Gasteiger partial charge in [0, 0.05) is 51.6 Å². The van der Waals surface area contributed by atoms with Crippen molar-refractivity contribution in [1.82, 2.24) is 9.88 Å². The molecule has 3 heterocycles. The summed E-state index contributed by atoms with van der Waals surface area (Å²) in [7, 11) is 1.84. The van der Waals surface area contributed by atoms with Gasteiger partial charge < -0.3 is 10.6 Å². The zero-order valence-electron chi connectivity index (χ0n) is 18.7. The van der Waals surface area contributed by atoms with Crippen LogP contribution in [0.5, 0.6) is 0 Å². The summed E-state index contributed by atoms with van der Waals surface area (Å²) < 4.78 is 24.3. The van der Waals surface area contributed by atoms with E-state index < -0.39 is 11.6 Å². The van der Waals surface area contributed by atoms with Gasteiger partial charge in [-0.25, -0.2) is 8.78 Å². The van der Waals surface area contributed by atoms with E-state index in [1.165, 1.54) is 10.9 Å². The molecular formula is C26H23F2N3OS2. The number of thiol groups is 1. The molecule has 2 aromatic heterocycles. The minimum absolute atomic E-state index is 0.103. The Kier molecular flexibility index (Phi) is 7.00. The number of nitrogen functional groups attached to an aromatic ring is 1. The molecule has 1 aliphatic heterocycles. The van der Waals surface area contributed by atoms with Gasteiger partial charge in [0.15, 0.2) is 0 Å². The van der Waals surface area contributed by atoms with E-state index in [2.05, 4.69) is 42.7 Å². The fourth-order valence-electron chi connectivity index (χ4n) is 3.69. The number of carbonyl (C=O) groups excluding carboxylic acids is 1. The number of fused-ring (bicyclic) bond motifs is 1. The lowest BCUT2D eigenvalue weighted by Crippen LogP contribution is -2.17. The van der Waals surface area contributed by atoms with Crippen LogP contribution in [0.3, 0.4) is 0 Å². The first-order valence-electron chi connectivity index (χ1n) is 10.6. The highest BCUT2D eigenvalue weighted by molar-refractivity contribution is 7.80. The number of benzene rings is 2. The van der Waals surface area contributed by atoms with Gasteiger partial charge in [-0.05, 0) is 60.0 Å². The molecule has 0 saturated heterocycles. The van der Waals surface area contributed by atoms with Crippen molar-refractivity contribution in [3.8, 4) is 20.9 Å². The van der Waals surface area contributed by atoms with Gasteiger partial charge in [0.25, 0.3) is 5.91 Å². The van der Waals surface area contributed by atoms with Crippen molar-refractivity contribution in [2.75, 3.05) is 12.8 Å².